The molecule has 0 aliphatic heterocycles. The van der Waals surface area contributed by atoms with Crippen molar-refractivity contribution < 1.29 is 4.74 Å². The third-order valence-corrected chi connectivity index (χ3v) is 3.72. The van der Waals surface area contributed by atoms with Gasteiger partial charge in [-0.1, -0.05) is 68.1 Å². The van der Waals surface area contributed by atoms with Crippen LogP contribution < -0.4 is 4.74 Å². The maximum absolute atomic E-state index is 5.77. The number of benzene rings is 2. The van der Waals surface area contributed by atoms with Crippen molar-refractivity contribution in [1.82, 2.24) is 0 Å². The van der Waals surface area contributed by atoms with Crippen molar-refractivity contribution in [2.45, 2.75) is 46.0 Å². The molecule has 0 heterocycles. The minimum atomic E-state index is 0.831. The first-order valence-electron chi connectivity index (χ1n) is 8.05. The Bertz CT molecular complexity index is 511. The quantitative estimate of drug-likeness (QED) is 0.577. The molecule has 0 bridgehead atoms. The van der Waals surface area contributed by atoms with Gasteiger partial charge in [-0.2, -0.15) is 0 Å². The normalized spacial score (nSPS) is 10.6. The second-order valence-corrected chi connectivity index (χ2v) is 5.72. The molecule has 0 aliphatic rings. The highest BCUT2D eigenvalue weighted by atomic mass is 16.5. The zero-order valence-electron chi connectivity index (χ0n) is 13.3. The summed E-state index contributed by atoms with van der Waals surface area (Å²) in [4.78, 5) is 0. The molecule has 0 fully saturated rings. The van der Waals surface area contributed by atoms with Crippen LogP contribution in [0.25, 0.3) is 0 Å². The van der Waals surface area contributed by atoms with E-state index in [0.29, 0.717) is 0 Å². The predicted molar refractivity (Wildman–Crippen MR) is 90.1 cm³/mol. The Morgan fingerprint density at radius 3 is 2.00 bits per heavy atom. The first kappa shape index (κ1) is 15.6. The molecule has 0 spiro atoms. The molecular weight excluding hydrogens is 256 g/mol. The van der Waals surface area contributed by atoms with Crippen molar-refractivity contribution in [3.05, 3.63) is 65.2 Å². The van der Waals surface area contributed by atoms with Crippen molar-refractivity contribution in [2.24, 2.45) is 0 Å². The first-order chi connectivity index (χ1) is 10.3. The van der Waals surface area contributed by atoms with Crippen molar-refractivity contribution >= 4 is 0 Å². The van der Waals surface area contributed by atoms with E-state index in [1.807, 2.05) is 0 Å². The maximum atomic E-state index is 5.77. The molecule has 1 heteroatoms. The Morgan fingerprint density at radius 2 is 1.38 bits per heavy atom. The number of aryl methyl sites for hydroxylation is 1. The van der Waals surface area contributed by atoms with E-state index in [1.165, 1.54) is 36.0 Å². The third-order valence-electron chi connectivity index (χ3n) is 3.72. The minimum Gasteiger partial charge on any atom is -0.494 e. The summed E-state index contributed by atoms with van der Waals surface area (Å²) in [6.07, 6.45) is 5.98. The van der Waals surface area contributed by atoms with Gasteiger partial charge in [-0.15, -0.1) is 0 Å². The topological polar surface area (TPSA) is 9.23 Å². The molecule has 2 aromatic carbocycles. The Hall–Kier alpha value is -1.76. The highest BCUT2D eigenvalue weighted by Crippen LogP contribution is 2.16. The zero-order chi connectivity index (χ0) is 14.9. The molecule has 1 nitrogen and oxygen atoms in total. The van der Waals surface area contributed by atoms with Gasteiger partial charge in [-0.25, -0.2) is 0 Å². The fourth-order valence-corrected chi connectivity index (χ4v) is 2.36. The molecule has 0 aromatic heterocycles. The van der Waals surface area contributed by atoms with Crippen LogP contribution >= 0.6 is 0 Å². The molecule has 21 heavy (non-hydrogen) atoms. The average molecular weight is 282 g/mol. The van der Waals surface area contributed by atoms with Gasteiger partial charge in [0.1, 0.15) is 5.75 Å². The van der Waals surface area contributed by atoms with E-state index in [4.69, 9.17) is 4.74 Å². The minimum absolute atomic E-state index is 0.831. The van der Waals surface area contributed by atoms with Crippen LogP contribution in [0, 0.1) is 6.92 Å². The van der Waals surface area contributed by atoms with Crippen molar-refractivity contribution in [3.63, 3.8) is 0 Å². The molecule has 0 amide bonds. The Morgan fingerprint density at radius 1 is 0.762 bits per heavy atom. The molecule has 0 aliphatic carbocycles. The highest BCUT2D eigenvalue weighted by Gasteiger charge is 1.98. The Balaban J connectivity index is 1.80. The fraction of sp³-hybridized carbons (Fsp3) is 0.400. The standard InChI is InChI=1S/C20H26O/c1-3-4-5-6-15-21-20-13-11-19(12-14-20)16-18-9-7-17(2)8-10-18/h7-14H,3-6,15-16H2,1-2H3. The number of rotatable bonds is 8. The second-order valence-electron chi connectivity index (χ2n) is 5.72. The lowest BCUT2D eigenvalue weighted by Gasteiger charge is -2.07. The molecule has 0 unspecified atom stereocenters. The van der Waals surface area contributed by atoms with Gasteiger partial charge in [0.05, 0.1) is 6.61 Å². The number of hydrogen-bond acceptors (Lipinski definition) is 1. The molecule has 0 atom stereocenters. The monoisotopic (exact) mass is 282 g/mol. The molecular formula is C20H26O. The largest absolute Gasteiger partial charge is 0.494 e. The fourth-order valence-electron chi connectivity index (χ4n) is 2.36. The van der Waals surface area contributed by atoms with E-state index < -0.39 is 0 Å². The van der Waals surface area contributed by atoms with Crippen molar-refractivity contribution in [1.29, 1.82) is 0 Å². The van der Waals surface area contributed by atoms with Gasteiger partial charge in [-0.05, 0) is 43.0 Å². The zero-order valence-corrected chi connectivity index (χ0v) is 13.3. The van der Waals surface area contributed by atoms with Crippen LogP contribution in [0.2, 0.25) is 0 Å². The van der Waals surface area contributed by atoms with E-state index in [9.17, 15) is 0 Å². The summed E-state index contributed by atoms with van der Waals surface area (Å²) < 4.78 is 5.77. The number of unbranched alkanes of at least 4 members (excludes halogenated alkanes) is 3. The smallest absolute Gasteiger partial charge is 0.119 e. The van der Waals surface area contributed by atoms with Gasteiger partial charge in [0.15, 0.2) is 0 Å². The van der Waals surface area contributed by atoms with Gasteiger partial charge in [0.25, 0.3) is 0 Å². The third kappa shape index (κ3) is 5.63. The SMILES string of the molecule is CCCCCCOc1ccc(Cc2ccc(C)cc2)cc1. The summed E-state index contributed by atoms with van der Waals surface area (Å²) in [7, 11) is 0. The lowest BCUT2D eigenvalue weighted by atomic mass is 10.0. The molecule has 112 valence electrons. The van der Waals surface area contributed by atoms with Gasteiger partial charge in [-0.3, -0.25) is 0 Å². The molecule has 2 rings (SSSR count). The van der Waals surface area contributed by atoms with E-state index in [1.54, 1.807) is 0 Å². The molecule has 0 saturated heterocycles. The summed E-state index contributed by atoms with van der Waals surface area (Å²) >= 11 is 0. The molecule has 0 saturated carbocycles. The Labute approximate surface area is 129 Å². The van der Waals surface area contributed by atoms with E-state index in [-0.39, 0.29) is 0 Å². The van der Waals surface area contributed by atoms with Gasteiger partial charge in [0, 0.05) is 0 Å². The molecule has 0 N–H and O–H groups in total. The molecule has 0 radical (unpaired) electrons. The van der Waals surface area contributed by atoms with Gasteiger partial charge < -0.3 is 4.74 Å². The van der Waals surface area contributed by atoms with Crippen LogP contribution in [0.4, 0.5) is 0 Å². The average Bonchev–Trinajstić information content (AvgIpc) is 2.51. The van der Waals surface area contributed by atoms with Crippen molar-refractivity contribution in [3.8, 4) is 5.75 Å². The van der Waals surface area contributed by atoms with Gasteiger partial charge >= 0.3 is 0 Å². The van der Waals surface area contributed by atoms with Crippen LogP contribution in [-0.2, 0) is 6.42 Å². The van der Waals surface area contributed by atoms with E-state index >= 15 is 0 Å². The summed E-state index contributed by atoms with van der Waals surface area (Å²) in [5.41, 5.74) is 4.00. The number of ether oxygens (including phenoxy) is 1. The summed E-state index contributed by atoms with van der Waals surface area (Å²) in [6.45, 7) is 5.18. The molecule has 2 aromatic rings. The lowest BCUT2D eigenvalue weighted by molar-refractivity contribution is 0.305. The predicted octanol–water partition coefficient (Wildman–Crippen LogP) is 5.54. The second kappa shape index (κ2) is 8.51. The van der Waals surface area contributed by atoms with Crippen molar-refractivity contribution in [2.75, 3.05) is 6.61 Å². The summed E-state index contributed by atoms with van der Waals surface area (Å²) in [5.74, 6) is 0.985. The van der Waals surface area contributed by atoms with E-state index in [2.05, 4.69) is 62.4 Å². The maximum Gasteiger partial charge on any atom is 0.119 e. The highest BCUT2D eigenvalue weighted by molar-refractivity contribution is 5.32. The van der Waals surface area contributed by atoms with Gasteiger partial charge in [0.2, 0.25) is 0 Å². The Kier molecular flexibility index (Phi) is 6.33. The van der Waals surface area contributed by atoms with Crippen LogP contribution in [0.15, 0.2) is 48.5 Å². The van der Waals surface area contributed by atoms with E-state index in [0.717, 1.165) is 25.2 Å². The number of hydrogen-bond donors (Lipinski definition) is 0. The van der Waals surface area contributed by atoms with Crippen LogP contribution in [0.1, 0.15) is 49.3 Å². The summed E-state index contributed by atoms with van der Waals surface area (Å²) in [5, 5.41) is 0. The lowest BCUT2D eigenvalue weighted by Crippen LogP contribution is -1.97. The van der Waals surface area contributed by atoms with Crippen LogP contribution in [-0.4, -0.2) is 6.61 Å². The first-order valence-corrected chi connectivity index (χ1v) is 8.05. The van der Waals surface area contributed by atoms with Crippen LogP contribution in [0.5, 0.6) is 5.75 Å². The van der Waals surface area contributed by atoms with Crippen LogP contribution in [0.3, 0.4) is 0 Å². The summed E-state index contributed by atoms with van der Waals surface area (Å²) in [6, 6.07) is 17.3.